The van der Waals surface area contributed by atoms with Gasteiger partial charge in [0.2, 0.25) is 5.66 Å². The van der Waals surface area contributed by atoms with Gasteiger partial charge in [-0.05, 0) is 25.8 Å². The molecule has 0 aromatic heterocycles. The summed E-state index contributed by atoms with van der Waals surface area (Å²) in [6.07, 6.45) is 3.56. The van der Waals surface area contributed by atoms with E-state index in [9.17, 15) is 9.90 Å². The molecule has 0 saturated heterocycles. The SMILES string of the molecule is CC1=CC(S)=NC(C(=O)O)(C2CC2)N1. The van der Waals surface area contributed by atoms with Crippen LogP contribution < -0.4 is 5.32 Å². The predicted octanol–water partition coefficient (Wildman–Crippen LogP) is 1.01. The molecule has 1 unspecified atom stereocenters. The third-order valence-electron chi connectivity index (χ3n) is 2.52. The van der Waals surface area contributed by atoms with E-state index in [1.807, 2.05) is 6.92 Å². The molecule has 2 aliphatic rings. The lowest BCUT2D eigenvalue weighted by Gasteiger charge is -2.31. The first-order chi connectivity index (χ1) is 6.54. The van der Waals surface area contributed by atoms with Crippen molar-refractivity contribution >= 4 is 23.6 Å². The minimum Gasteiger partial charge on any atom is -0.478 e. The third kappa shape index (κ3) is 1.41. The smallest absolute Gasteiger partial charge is 0.352 e. The molecular weight excluding hydrogens is 200 g/mol. The van der Waals surface area contributed by atoms with E-state index < -0.39 is 11.6 Å². The van der Waals surface area contributed by atoms with E-state index in [1.54, 1.807) is 6.08 Å². The van der Waals surface area contributed by atoms with Gasteiger partial charge in [-0.15, -0.1) is 12.6 Å². The van der Waals surface area contributed by atoms with Crippen molar-refractivity contribution in [1.29, 1.82) is 0 Å². The lowest BCUT2D eigenvalue weighted by molar-refractivity contribution is -0.145. The highest BCUT2D eigenvalue weighted by atomic mass is 32.1. The molecule has 4 nitrogen and oxygen atoms in total. The second kappa shape index (κ2) is 3.02. The summed E-state index contributed by atoms with van der Waals surface area (Å²) in [5.74, 6) is -0.815. The molecule has 2 rings (SSSR count). The van der Waals surface area contributed by atoms with E-state index in [0.29, 0.717) is 5.04 Å². The highest BCUT2D eigenvalue weighted by molar-refractivity contribution is 7.97. The number of thiol groups is 1. The zero-order chi connectivity index (χ0) is 10.3. The maximum Gasteiger partial charge on any atom is 0.352 e. The predicted molar refractivity (Wildman–Crippen MR) is 56.4 cm³/mol. The Balaban J connectivity index is 2.38. The molecule has 1 aliphatic carbocycles. The van der Waals surface area contributed by atoms with Gasteiger partial charge in [0.15, 0.2) is 0 Å². The number of aliphatic carboxylic acids is 1. The standard InChI is InChI=1S/C9H12N2O2S/c1-5-4-7(14)11-9(10-5,8(12)13)6-2-3-6/h4,6,10H,2-3H2,1H3,(H,11,14)(H,12,13). The lowest BCUT2D eigenvalue weighted by atomic mass is 10.0. The normalized spacial score (nSPS) is 31.6. The van der Waals surface area contributed by atoms with Gasteiger partial charge in [-0.1, -0.05) is 0 Å². The van der Waals surface area contributed by atoms with E-state index >= 15 is 0 Å². The molecule has 14 heavy (non-hydrogen) atoms. The van der Waals surface area contributed by atoms with Gasteiger partial charge in [0.25, 0.3) is 0 Å². The van der Waals surface area contributed by atoms with Crippen LogP contribution >= 0.6 is 12.6 Å². The minimum atomic E-state index is -1.16. The number of hydrogen-bond donors (Lipinski definition) is 3. The summed E-state index contributed by atoms with van der Waals surface area (Å²) in [6, 6.07) is 0. The third-order valence-corrected chi connectivity index (χ3v) is 2.75. The number of aliphatic imine (C=N–C) groups is 1. The van der Waals surface area contributed by atoms with E-state index in [0.717, 1.165) is 18.5 Å². The van der Waals surface area contributed by atoms with Gasteiger partial charge in [-0.2, -0.15) is 0 Å². The van der Waals surface area contributed by atoms with Gasteiger partial charge < -0.3 is 10.4 Å². The first-order valence-electron chi connectivity index (χ1n) is 4.53. The molecule has 5 heteroatoms. The Kier molecular flexibility index (Phi) is 2.06. The van der Waals surface area contributed by atoms with Crippen molar-refractivity contribution in [2.75, 3.05) is 0 Å². The van der Waals surface area contributed by atoms with Crippen LogP contribution in [0.5, 0.6) is 0 Å². The number of rotatable bonds is 2. The summed E-state index contributed by atoms with van der Waals surface area (Å²) in [4.78, 5) is 15.3. The average molecular weight is 212 g/mol. The Morgan fingerprint density at radius 1 is 1.79 bits per heavy atom. The molecule has 0 spiro atoms. The van der Waals surface area contributed by atoms with Crippen LogP contribution in [0.2, 0.25) is 0 Å². The van der Waals surface area contributed by atoms with Crippen molar-refractivity contribution in [3.05, 3.63) is 11.8 Å². The van der Waals surface area contributed by atoms with Crippen LogP contribution in [0.25, 0.3) is 0 Å². The Hall–Kier alpha value is -0.970. The Labute approximate surface area is 87.5 Å². The summed E-state index contributed by atoms with van der Waals surface area (Å²) in [6.45, 7) is 1.82. The molecule has 0 amide bonds. The van der Waals surface area contributed by atoms with Crippen LogP contribution in [0.3, 0.4) is 0 Å². The van der Waals surface area contributed by atoms with Crippen molar-refractivity contribution in [2.45, 2.75) is 25.4 Å². The van der Waals surface area contributed by atoms with Crippen LogP contribution in [0.4, 0.5) is 0 Å². The number of allylic oxidation sites excluding steroid dienone is 1. The molecule has 1 aliphatic heterocycles. The van der Waals surface area contributed by atoms with Crippen molar-refractivity contribution in [1.82, 2.24) is 5.32 Å². The number of nitrogens with zero attached hydrogens (tertiary/aromatic N) is 1. The van der Waals surface area contributed by atoms with Gasteiger partial charge in [-0.25, -0.2) is 9.79 Å². The first-order valence-corrected chi connectivity index (χ1v) is 4.98. The molecule has 1 heterocycles. The van der Waals surface area contributed by atoms with Crippen LogP contribution in [0.1, 0.15) is 19.8 Å². The van der Waals surface area contributed by atoms with E-state index in [4.69, 9.17) is 0 Å². The zero-order valence-corrected chi connectivity index (χ0v) is 8.71. The number of nitrogens with one attached hydrogen (secondary N) is 1. The van der Waals surface area contributed by atoms with Crippen molar-refractivity contribution in [3.63, 3.8) is 0 Å². The first kappa shape index (κ1) is 9.58. The molecular formula is C9H12N2O2S. The average Bonchev–Trinajstić information content (AvgIpc) is 2.83. The fraction of sp³-hybridized carbons (Fsp3) is 0.556. The van der Waals surface area contributed by atoms with Crippen molar-refractivity contribution in [3.8, 4) is 0 Å². The number of carbonyl (C=O) groups is 1. The maximum absolute atomic E-state index is 11.2. The second-order valence-electron chi connectivity index (χ2n) is 3.77. The molecule has 1 fully saturated rings. The molecule has 0 bridgehead atoms. The lowest BCUT2D eigenvalue weighted by Crippen LogP contribution is -2.53. The summed E-state index contributed by atoms with van der Waals surface area (Å²) in [5, 5.41) is 12.6. The fourth-order valence-electron chi connectivity index (χ4n) is 1.74. The van der Waals surface area contributed by atoms with Gasteiger partial charge in [0.1, 0.15) is 0 Å². The second-order valence-corrected chi connectivity index (χ2v) is 4.23. The van der Waals surface area contributed by atoms with E-state index in [-0.39, 0.29) is 5.92 Å². The minimum absolute atomic E-state index is 0.103. The van der Waals surface area contributed by atoms with Crippen LogP contribution in [-0.2, 0) is 4.79 Å². The van der Waals surface area contributed by atoms with Gasteiger partial charge >= 0.3 is 5.97 Å². The largest absolute Gasteiger partial charge is 0.478 e. The van der Waals surface area contributed by atoms with Gasteiger partial charge in [0.05, 0.1) is 5.04 Å². The molecule has 76 valence electrons. The molecule has 1 saturated carbocycles. The Morgan fingerprint density at radius 3 is 2.86 bits per heavy atom. The maximum atomic E-state index is 11.2. The Bertz CT molecular complexity index is 347. The monoisotopic (exact) mass is 212 g/mol. The topological polar surface area (TPSA) is 61.7 Å². The Morgan fingerprint density at radius 2 is 2.43 bits per heavy atom. The van der Waals surface area contributed by atoms with Crippen LogP contribution in [0, 0.1) is 5.92 Å². The number of carboxylic acid groups (broad SMARTS) is 1. The van der Waals surface area contributed by atoms with Crippen molar-refractivity contribution in [2.24, 2.45) is 10.9 Å². The summed E-state index contributed by atoms with van der Waals surface area (Å²) < 4.78 is 0. The van der Waals surface area contributed by atoms with Gasteiger partial charge in [0, 0.05) is 11.6 Å². The summed E-state index contributed by atoms with van der Waals surface area (Å²) in [5.41, 5.74) is -0.352. The van der Waals surface area contributed by atoms with Crippen LogP contribution in [-0.4, -0.2) is 21.8 Å². The fourth-order valence-corrected chi connectivity index (χ4v) is 2.09. The van der Waals surface area contributed by atoms with E-state index in [2.05, 4.69) is 22.9 Å². The molecule has 0 aromatic carbocycles. The van der Waals surface area contributed by atoms with Crippen molar-refractivity contribution < 1.29 is 9.90 Å². The molecule has 0 radical (unpaired) electrons. The summed E-state index contributed by atoms with van der Waals surface area (Å²) >= 11 is 4.12. The highest BCUT2D eigenvalue weighted by Crippen LogP contribution is 2.42. The van der Waals surface area contributed by atoms with Gasteiger partial charge in [-0.3, -0.25) is 0 Å². The molecule has 0 aromatic rings. The quantitative estimate of drug-likeness (QED) is 0.599. The molecule has 2 N–H and O–H groups in total. The molecule has 1 atom stereocenters. The zero-order valence-electron chi connectivity index (χ0n) is 7.82. The number of carboxylic acids is 1. The summed E-state index contributed by atoms with van der Waals surface area (Å²) in [7, 11) is 0. The highest BCUT2D eigenvalue weighted by Gasteiger charge is 2.52. The number of hydrogen-bond acceptors (Lipinski definition) is 3. The van der Waals surface area contributed by atoms with Crippen LogP contribution in [0.15, 0.2) is 16.8 Å². The van der Waals surface area contributed by atoms with E-state index in [1.165, 1.54) is 0 Å².